The molecule has 1 aromatic rings. The Kier molecular flexibility index (Phi) is 4.32. The zero-order valence-electron chi connectivity index (χ0n) is 11.6. The summed E-state index contributed by atoms with van der Waals surface area (Å²) in [5.41, 5.74) is -0.136. The number of aromatic nitrogens is 2. The maximum atomic E-state index is 12.5. The first-order valence-electron chi connectivity index (χ1n) is 6.82. The minimum Gasteiger partial charge on any atom is -0.481 e. The van der Waals surface area contributed by atoms with Crippen LogP contribution in [-0.4, -0.2) is 44.7 Å². The molecule has 1 amide bonds. The van der Waals surface area contributed by atoms with Gasteiger partial charge in [-0.15, -0.1) is 0 Å². The quantitative estimate of drug-likeness (QED) is 0.906. The summed E-state index contributed by atoms with van der Waals surface area (Å²) in [5, 5.41) is 16.5. The van der Waals surface area contributed by atoms with Crippen molar-refractivity contribution in [3.63, 3.8) is 0 Å². The molecule has 1 saturated carbocycles. The van der Waals surface area contributed by atoms with Gasteiger partial charge in [0.1, 0.15) is 0 Å². The molecule has 0 spiro atoms. The second-order valence-electron chi connectivity index (χ2n) is 5.35. The van der Waals surface area contributed by atoms with Crippen LogP contribution in [0.5, 0.6) is 0 Å². The fourth-order valence-corrected chi connectivity index (χ4v) is 2.95. The summed E-state index contributed by atoms with van der Waals surface area (Å²) < 4.78 is 0. The van der Waals surface area contributed by atoms with E-state index in [2.05, 4.69) is 10.2 Å². The predicted octanol–water partition coefficient (Wildman–Crippen LogP) is 1.73. The summed E-state index contributed by atoms with van der Waals surface area (Å²) in [6.07, 6.45) is 7.36. The number of nitrogens with zero attached hydrogens (tertiary/aromatic N) is 3. The van der Waals surface area contributed by atoms with Crippen molar-refractivity contribution in [2.75, 3.05) is 7.05 Å². The van der Waals surface area contributed by atoms with Crippen LogP contribution in [0, 0.1) is 0 Å². The van der Waals surface area contributed by atoms with Gasteiger partial charge in [0.15, 0.2) is 0 Å². The molecule has 0 atom stereocenters. The number of carbonyl (C=O) groups excluding carboxylic acids is 1. The first-order valence-corrected chi connectivity index (χ1v) is 6.82. The predicted molar refractivity (Wildman–Crippen MR) is 72.2 cm³/mol. The van der Waals surface area contributed by atoms with E-state index < -0.39 is 11.5 Å². The Balaban J connectivity index is 2.24. The lowest BCUT2D eigenvalue weighted by molar-refractivity contribution is -0.140. The molecule has 1 aliphatic carbocycles. The molecule has 1 aliphatic rings. The number of carbonyl (C=O) groups is 2. The highest BCUT2D eigenvalue weighted by Gasteiger charge is 2.40. The van der Waals surface area contributed by atoms with E-state index in [9.17, 15) is 14.7 Å². The Morgan fingerprint density at radius 1 is 1.30 bits per heavy atom. The van der Waals surface area contributed by atoms with Gasteiger partial charge in [0.05, 0.1) is 29.9 Å². The van der Waals surface area contributed by atoms with Gasteiger partial charge >= 0.3 is 5.97 Å². The van der Waals surface area contributed by atoms with Crippen molar-refractivity contribution in [1.29, 1.82) is 0 Å². The van der Waals surface area contributed by atoms with Crippen molar-refractivity contribution in [3.8, 4) is 0 Å². The van der Waals surface area contributed by atoms with Gasteiger partial charge in [-0.05, 0) is 18.9 Å². The number of aliphatic carboxylic acids is 1. The average Bonchev–Trinajstić information content (AvgIpc) is 2.47. The van der Waals surface area contributed by atoms with Crippen molar-refractivity contribution >= 4 is 11.9 Å². The molecule has 0 aliphatic heterocycles. The van der Waals surface area contributed by atoms with Crippen LogP contribution in [-0.2, 0) is 4.79 Å². The molecular weight excluding hydrogens is 258 g/mol. The zero-order valence-corrected chi connectivity index (χ0v) is 11.6. The summed E-state index contributed by atoms with van der Waals surface area (Å²) in [5.74, 6) is -1.05. The first-order chi connectivity index (χ1) is 9.55. The Morgan fingerprint density at radius 3 is 2.55 bits per heavy atom. The standard InChI is InChI=1S/C14H19N3O3/c1-17(13(20)11-5-8-15-16-10-11)14(9-12(18)19)6-3-2-4-7-14/h5,8,10H,2-4,6-7,9H2,1H3,(H,18,19). The Hall–Kier alpha value is -1.98. The molecule has 1 aromatic heterocycles. The monoisotopic (exact) mass is 277 g/mol. The molecule has 0 unspecified atom stereocenters. The van der Waals surface area contributed by atoms with Gasteiger partial charge in [0.25, 0.3) is 5.91 Å². The lowest BCUT2D eigenvalue weighted by atomic mass is 9.78. The van der Waals surface area contributed by atoms with E-state index in [1.807, 2.05) is 0 Å². The Labute approximate surface area is 117 Å². The summed E-state index contributed by atoms with van der Waals surface area (Å²) in [6.45, 7) is 0. The molecule has 0 bridgehead atoms. The Morgan fingerprint density at radius 2 is 2.00 bits per heavy atom. The zero-order chi connectivity index (χ0) is 14.6. The van der Waals surface area contributed by atoms with Crippen LogP contribution in [0.1, 0.15) is 48.9 Å². The molecule has 20 heavy (non-hydrogen) atoms. The highest BCUT2D eigenvalue weighted by molar-refractivity contribution is 5.94. The minimum absolute atomic E-state index is 0.00620. The second-order valence-corrected chi connectivity index (χ2v) is 5.35. The van der Waals surface area contributed by atoms with E-state index in [-0.39, 0.29) is 12.3 Å². The number of rotatable bonds is 4. The summed E-state index contributed by atoms with van der Waals surface area (Å²) in [4.78, 5) is 25.3. The third kappa shape index (κ3) is 2.95. The van der Waals surface area contributed by atoms with E-state index >= 15 is 0 Å². The van der Waals surface area contributed by atoms with Crippen LogP contribution in [0.25, 0.3) is 0 Å². The average molecular weight is 277 g/mol. The minimum atomic E-state index is -0.862. The van der Waals surface area contributed by atoms with Gasteiger partial charge in [-0.1, -0.05) is 19.3 Å². The number of amides is 1. The molecular formula is C14H19N3O3. The number of hydrogen-bond acceptors (Lipinski definition) is 4. The largest absolute Gasteiger partial charge is 0.481 e. The Bertz CT molecular complexity index is 484. The molecule has 0 saturated heterocycles. The summed E-state index contributed by atoms with van der Waals surface area (Å²) >= 11 is 0. The van der Waals surface area contributed by atoms with Crippen molar-refractivity contribution < 1.29 is 14.7 Å². The topological polar surface area (TPSA) is 83.4 Å². The van der Waals surface area contributed by atoms with Crippen LogP contribution in [0.15, 0.2) is 18.5 Å². The van der Waals surface area contributed by atoms with Gasteiger partial charge in [0.2, 0.25) is 0 Å². The fraction of sp³-hybridized carbons (Fsp3) is 0.571. The normalized spacial score (nSPS) is 17.4. The van der Waals surface area contributed by atoms with E-state index in [0.717, 1.165) is 32.1 Å². The number of carboxylic acids is 1. The highest BCUT2D eigenvalue weighted by Crippen LogP contribution is 2.36. The first kappa shape index (κ1) is 14.4. The van der Waals surface area contributed by atoms with Gasteiger partial charge in [-0.2, -0.15) is 10.2 Å². The van der Waals surface area contributed by atoms with E-state index in [1.165, 1.54) is 12.4 Å². The van der Waals surface area contributed by atoms with Crippen LogP contribution in [0.4, 0.5) is 0 Å². The third-order valence-corrected chi connectivity index (χ3v) is 4.11. The van der Waals surface area contributed by atoms with Crippen LogP contribution < -0.4 is 0 Å². The van der Waals surface area contributed by atoms with Gasteiger partial charge < -0.3 is 10.0 Å². The van der Waals surface area contributed by atoms with E-state index in [4.69, 9.17) is 0 Å². The smallest absolute Gasteiger partial charge is 0.305 e. The third-order valence-electron chi connectivity index (χ3n) is 4.11. The highest BCUT2D eigenvalue weighted by atomic mass is 16.4. The van der Waals surface area contributed by atoms with Gasteiger partial charge in [-0.3, -0.25) is 9.59 Å². The summed E-state index contributed by atoms with van der Waals surface area (Å²) in [7, 11) is 1.69. The maximum Gasteiger partial charge on any atom is 0.305 e. The molecule has 2 rings (SSSR count). The lowest BCUT2D eigenvalue weighted by Gasteiger charge is -2.43. The SMILES string of the molecule is CN(C(=O)c1ccnnc1)C1(CC(=O)O)CCCCC1. The molecule has 6 nitrogen and oxygen atoms in total. The molecule has 0 radical (unpaired) electrons. The van der Waals surface area contributed by atoms with Crippen molar-refractivity contribution in [2.24, 2.45) is 0 Å². The fourth-order valence-electron chi connectivity index (χ4n) is 2.95. The van der Waals surface area contributed by atoms with Crippen LogP contribution in [0.3, 0.4) is 0 Å². The van der Waals surface area contributed by atoms with Crippen LogP contribution >= 0.6 is 0 Å². The molecule has 1 fully saturated rings. The number of hydrogen-bond donors (Lipinski definition) is 1. The second kappa shape index (κ2) is 5.98. The molecule has 1 heterocycles. The van der Waals surface area contributed by atoms with Crippen molar-refractivity contribution in [3.05, 3.63) is 24.0 Å². The lowest BCUT2D eigenvalue weighted by Crippen LogP contribution is -2.52. The maximum absolute atomic E-state index is 12.5. The molecule has 108 valence electrons. The van der Waals surface area contributed by atoms with Crippen molar-refractivity contribution in [2.45, 2.75) is 44.1 Å². The molecule has 0 aromatic carbocycles. The number of carboxylic acid groups (broad SMARTS) is 1. The summed E-state index contributed by atoms with van der Waals surface area (Å²) in [6, 6.07) is 1.60. The molecule has 6 heteroatoms. The van der Waals surface area contributed by atoms with E-state index in [0.29, 0.717) is 5.56 Å². The van der Waals surface area contributed by atoms with Gasteiger partial charge in [0, 0.05) is 7.05 Å². The van der Waals surface area contributed by atoms with E-state index in [1.54, 1.807) is 18.0 Å². The van der Waals surface area contributed by atoms with Crippen molar-refractivity contribution in [1.82, 2.24) is 15.1 Å². The molecule has 1 N–H and O–H groups in total. The van der Waals surface area contributed by atoms with Crippen LogP contribution in [0.2, 0.25) is 0 Å². The van der Waals surface area contributed by atoms with Gasteiger partial charge in [-0.25, -0.2) is 0 Å².